The van der Waals surface area contributed by atoms with Gasteiger partial charge in [0.1, 0.15) is 23.0 Å². The van der Waals surface area contributed by atoms with Crippen molar-refractivity contribution < 1.29 is 19.2 Å². The van der Waals surface area contributed by atoms with E-state index in [1.165, 1.54) is 23.6 Å². The third-order valence-corrected chi connectivity index (χ3v) is 6.86. The molecule has 0 bridgehead atoms. The van der Waals surface area contributed by atoms with Gasteiger partial charge in [-0.25, -0.2) is 5.43 Å². The Balaban J connectivity index is 1.45. The molecule has 8 nitrogen and oxygen atoms in total. The van der Waals surface area contributed by atoms with E-state index >= 15 is 0 Å². The molecular formula is C25H20ClN3O5S. The number of methoxy groups -OCH3 is 1. The van der Waals surface area contributed by atoms with E-state index in [-0.39, 0.29) is 12.3 Å². The number of hydrogen-bond acceptors (Lipinski definition) is 7. The highest BCUT2D eigenvalue weighted by Crippen LogP contribution is 2.35. The molecule has 4 aromatic rings. The minimum atomic E-state index is -0.432. The Morgan fingerprint density at radius 3 is 2.71 bits per heavy atom. The molecule has 0 fully saturated rings. The van der Waals surface area contributed by atoms with E-state index < -0.39 is 10.8 Å². The molecule has 0 unspecified atom stereocenters. The molecular weight excluding hydrogens is 490 g/mol. The molecule has 1 aromatic heterocycles. The van der Waals surface area contributed by atoms with Gasteiger partial charge in [-0.15, -0.1) is 11.3 Å². The molecule has 10 heteroatoms. The highest BCUT2D eigenvalue weighted by Gasteiger charge is 2.16. The maximum atomic E-state index is 12.6. The van der Waals surface area contributed by atoms with Gasteiger partial charge in [0.15, 0.2) is 0 Å². The van der Waals surface area contributed by atoms with Gasteiger partial charge >= 0.3 is 0 Å². The van der Waals surface area contributed by atoms with Crippen molar-refractivity contribution >= 4 is 50.8 Å². The average Bonchev–Trinajstić information content (AvgIpc) is 3.19. The number of amides is 1. The first-order valence-electron chi connectivity index (χ1n) is 10.4. The van der Waals surface area contributed by atoms with Gasteiger partial charge in [-0.1, -0.05) is 29.8 Å². The summed E-state index contributed by atoms with van der Waals surface area (Å²) in [4.78, 5) is 23.5. The highest BCUT2D eigenvalue weighted by molar-refractivity contribution is 7.21. The van der Waals surface area contributed by atoms with E-state index in [1.807, 2.05) is 30.3 Å². The van der Waals surface area contributed by atoms with Crippen LogP contribution in [-0.2, 0) is 6.61 Å². The topological polar surface area (TPSA) is 103 Å². The summed E-state index contributed by atoms with van der Waals surface area (Å²) in [5.74, 6) is 0.724. The van der Waals surface area contributed by atoms with Crippen LogP contribution in [0.25, 0.3) is 10.1 Å². The van der Waals surface area contributed by atoms with Crippen molar-refractivity contribution in [1.82, 2.24) is 5.43 Å². The Morgan fingerprint density at radius 2 is 2.00 bits per heavy atom. The lowest BCUT2D eigenvalue weighted by Gasteiger charge is -2.11. The van der Waals surface area contributed by atoms with Crippen molar-refractivity contribution in [3.8, 4) is 11.5 Å². The number of hydrazone groups is 1. The van der Waals surface area contributed by atoms with Crippen LogP contribution >= 0.6 is 22.9 Å². The number of rotatable bonds is 8. The van der Waals surface area contributed by atoms with Crippen LogP contribution in [0.2, 0.25) is 5.02 Å². The number of nitro benzene ring substituents is 1. The van der Waals surface area contributed by atoms with Crippen LogP contribution in [-0.4, -0.2) is 24.2 Å². The number of aryl methyl sites for hydroxylation is 1. The number of thiophene rings is 1. The maximum absolute atomic E-state index is 12.6. The third kappa shape index (κ3) is 5.42. The van der Waals surface area contributed by atoms with Gasteiger partial charge in [0.05, 0.1) is 23.3 Å². The zero-order valence-electron chi connectivity index (χ0n) is 18.8. The predicted octanol–water partition coefficient (Wildman–Crippen LogP) is 6.12. The van der Waals surface area contributed by atoms with Crippen molar-refractivity contribution in [2.24, 2.45) is 5.10 Å². The number of carbonyl (C=O) groups excluding carboxylic acids is 1. The van der Waals surface area contributed by atoms with Gasteiger partial charge in [0.25, 0.3) is 11.6 Å². The van der Waals surface area contributed by atoms with E-state index in [0.717, 1.165) is 15.6 Å². The molecule has 0 atom stereocenters. The molecule has 0 aliphatic heterocycles. The molecule has 0 spiro atoms. The summed E-state index contributed by atoms with van der Waals surface area (Å²) >= 11 is 7.66. The second-order valence-corrected chi connectivity index (χ2v) is 8.94. The van der Waals surface area contributed by atoms with Gasteiger partial charge in [-0.2, -0.15) is 5.10 Å². The fourth-order valence-corrected chi connectivity index (χ4v) is 4.86. The number of benzene rings is 3. The first kappa shape index (κ1) is 24.2. The molecule has 0 saturated heterocycles. The molecule has 4 rings (SSSR count). The van der Waals surface area contributed by atoms with Crippen LogP contribution in [0.5, 0.6) is 11.5 Å². The number of carbonyl (C=O) groups is 1. The van der Waals surface area contributed by atoms with Crippen LogP contribution in [0, 0.1) is 17.0 Å². The van der Waals surface area contributed by atoms with Gasteiger partial charge in [0.2, 0.25) is 0 Å². The largest absolute Gasteiger partial charge is 0.496 e. The highest BCUT2D eigenvalue weighted by atomic mass is 35.5. The molecule has 1 amide bonds. The lowest BCUT2D eigenvalue weighted by atomic mass is 10.1. The number of halogens is 1. The van der Waals surface area contributed by atoms with Crippen molar-refractivity contribution in [3.05, 3.63) is 97.4 Å². The summed E-state index contributed by atoms with van der Waals surface area (Å²) in [5, 5.41) is 16.3. The molecule has 1 heterocycles. The Bertz CT molecular complexity index is 1450. The van der Waals surface area contributed by atoms with Crippen molar-refractivity contribution in [2.45, 2.75) is 13.5 Å². The van der Waals surface area contributed by atoms with Gasteiger partial charge < -0.3 is 9.47 Å². The number of nitro groups is 1. The summed E-state index contributed by atoms with van der Waals surface area (Å²) in [6, 6.07) is 17.5. The van der Waals surface area contributed by atoms with Gasteiger partial charge in [-0.3, -0.25) is 14.9 Å². The summed E-state index contributed by atoms with van der Waals surface area (Å²) in [5.41, 5.74) is 4.51. The lowest BCUT2D eigenvalue weighted by Crippen LogP contribution is -2.16. The zero-order chi connectivity index (χ0) is 24.9. The number of hydrogen-bond donors (Lipinski definition) is 1. The average molecular weight is 510 g/mol. The minimum Gasteiger partial charge on any atom is -0.496 e. The lowest BCUT2D eigenvalue weighted by molar-refractivity contribution is -0.385. The SMILES string of the molecule is COc1ccc(/C=N\NC(=O)c2sc3ccccc3c2Cl)cc1COc1ccc([N+](=O)[O-])c(C)c1. The van der Waals surface area contributed by atoms with Crippen molar-refractivity contribution in [3.63, 3.8) is 0 Å². The Labute approximate surface area is 209 Å². The van der Waals surface area contributed by atoms with E-state index in [0.29, 0.717) is 32.5 Å². The second kappa shape index (κ2) is 10.5. The monoisotopic (exact) mass is 509 g/mol. The van der Waals surface area contributed by atoms with Crippen LogP contribution in [0.15, 0.2) is 65.8 Å². The summed E-state index contributed by atoms with van der Waals surface area (Å²) in [7, 11) is 1.55. The zero-order valence-corrected chi connectivity index (χ0v) is 20.4. The fourth-order valence-electron chi connectivity index (χ4n) is 3.45. The van der Waals surface area contributed by atoms with Crippen molar-refractivity contribution in [1.29, 1.82) is 0 Å². The molecule has 0 aliphatic carbocycles. The third-order valence-electron chi connectivity index (χ3n) is 5.18. The Kier molecular flexibility index (Phi) is 7.28. The van der Waals surface area contributed by atoms with Crippen LogP contribution in [0.1, 0.15) is 26.4 Å². The molecule has 35 heavy (non-hydrogen) atoms. The van der Waals surface area contributed by atoms with Gasteiger partial charge in [-0.05, 0) is 48.9 Å². The number of nitrogens with one attached hydrogen (secondary N) is 1. The van der Waals surface area contributed by atoms with Crippen LogP contribution in [0.4, 0.5) is 5.69 Å². The first-order chi connectivity index (χ1) is 16.9. The molecule has 3 aromatic carbocycles. The van der Waals surface area contributed by atoms with Crippen LogP contribution < -0.4 is 14.9 Å². The Hall–Kier alpha value is -3.95. The predicted molar refractivity (Wildman–Crippen MR) is 137 cm³/mol. The maximum Gasteiger partial charge on any atom is 0.283 e. The quantitative estimate of drug-likeness (QED) is 0.175. The van der Waals surface area contributed by atoms with E-state index in [9.17, 15) is 14.9 Å². The second-order valence-electron chi connectivity index (χ2n) is 7.51. The fraction of sp³-hybridized carbons (Fsp3) is 0.120. The molecule has 0 aliphatic rings. The van der Waals surface area contributed by atoms with Crippen LogP contribution in [0.3, 0.4) is 0 Å². The minimum absolute atomic E-state index is 0.0344. The van der Waals surface area contributed by atoms with E-state index in [1.54, 1.807) is 38.3 Å². The molecule has 178 valence electrons. The Morgan fingerprint density at radius 1 is 1.20 bits per heavy atom. The summed E-state index contributed by atoms with van der Waals surface area (Å²) < 4.78 is 12.2. The molecule has 0 radical (unpaired) electrons. The first-order valence-corrected chi connectivity index (χ1v) is 11.6. The molecule has 0 saturated carbocycles. The van der Waals surface area contributed by atoms with Crippen molar-refractivity contribution in [2.75, 3.05) is 7.11 Å². The van der Waals surface area contributed by atoms with Gasteiger partial charge in [0, 0.05) is 27.3 Å². The summed E-state index contributed by atoms with van der Waals surface area (Å²) in [6.45, 7) is 1.83. The smallest absolute Gasteiger partial charge is 0.283 e. The number of ether oxygens (including phenoxy) is 2. The van der Waals surface area contributed by atoms with E-state index in [4.69, 9.17) is 21.1 Å². The summed E-state index contributed by atoms with van der Waals surface area (Å²) in [6.07, 6.45) is 1.51. The molecule has 1 N–H and O–H groups in total. The number of nitrogens with zero attached hydrogens (tertiary/aromatic N) is 2. The standard InChI is InChI=1S/C25H20ClN3O5S/c1-15-11-18(8-9-20(15)29(31)32)34-14-17-12-16(7-10-21(17)33-2)13-27-28-25(30)24-23(26)19-5-3-4-6-22(19)35-24/h3-13H,14H2,1-2H3,(H,28,30)/b27-13-. The normalized spacial score (nSPS) is 11.1. The van der Waals surface area contributed by atoms with E-state index in [2.05, 4.69) is 10.5 Å². The number of fused-ring (bicyclic) bond motifs is 1.